The van der Waals surface area contributed by atoms with Crippen molar-refractivity contribution in [3.05, 3.63) is 35.9 Å². The molecule has 2 atom stereocenters. The fourth-order valence-corrected chi connectivity index (χ4v) is 2.40. The van der Waals surface area contributed by atoms with Gasteiger partial charge in [-0.25, -0.2) is 4.79 Å². The molecule has 0 aromatic heterocycles. The Bertz CT molecular complexity index is 492. The highest BCUT2D eigenvalue weighted by Gasteiger charge is 2.32. The van der Waals surface area contributed by atoms with Crippen molar-refractivity contribution in [2.45, 2.75) is 24.9 Å². The van der Waals surface area contributed by atoms with E-state index in [1.54, 1.807) is 0 Å². The lowest BCUT2D eigenvalue weighted by Gasteiger charge is -2.33. The van der Waals surface area contributed by atoms with Gasteiger partial charge in [0.1, 0.15) is 0 Å². The predicted octanol–water partition coefficient (Wildman–Crippen LogP) is 0.779. The minimum atomic E-state index is -1.03. The van der Waals surface area contributed by atoms with Crippen LogP contribution in [0.5, 0.6) is 0 Å². The first-order chi connectivity index (χ1) is 10.1. The second-order valence-corrected chi connectivity index (χ2v) is 5.07. The summed E-state index contributed by atoms with van der Waals surface area (Å²) in [4.78, 5) is 24.7. The van der Waals surface area contributed by atoms with Gasteiger partial charge in [-0.1, -0.05) is 30.3 Å². The van der Waals surface area contributed by atoms with Crippen LogP contribution < -0.4 is 5.73 Å². The number of nitrogens with zero attached hydrogens (tertiary/aromatic N) is 1. The average molecular weight is 292 g/mol. The number of rotatable bonds is 5. The van der Waals surface area contributed by atoms with Gasteiger partial charge in [0.15, 0.2) is 6.04 Å². The Kier molecular flexibility index (Phi) is 5.30. The van der Waals surface area contributed by atoms with Gasteiger partial charge in [-0.2, -0.15) is 0 Å². The molecule has 1 aromatic rings. The van der Waals surface area contributed by atoms with Crippen LogP contribution >= 0.6 is 0 Å². The maximum atomic E-state index is 12.2. The number of benzene rings is 1. The lowest BCUT2D eigenvalue weighted by Crippen LogP contribution is -2.52. The maximum Gasteiger partial charge on any atom is 0.328 e. The highest BCUT2D eigenvalue weighted by molar-refractivity contribution is 5.84. The Morgan fingerprint density at radius 2 is 2.10 bits per heavy atom. The molecule has 1 saturated heterocycles. The van der Waals surface area contributed by atoms with Gasteiger partial charge in [-0.15, -0.1) is 0 Å². The molecule has 1 aromatic carbocycles. The van der Waals surface area contributed by atoms with Gasteiger partial charge in [-0.05, 0) is 12.0 Å². The van der Waals surface area contributed by atoms with E-state index in [9.17, 15) is 9.59 Å². The zero-order chi connectivity index (χ0) is 15.2. The highest BCUT2D eigenvalue weighted by atomic mass is 16.5. The van der Waals surface area contributed by atoms with Crippen molar-refractivity contribution in [2.75, 3.05) is 19.8 Å². The fraction of sp³-hybridized carbons (Fsp3) is 0.467. The molecule has 1 aliphatic heterocycles. The van der Waals surface area contributed by atoms with Crippen LogP contribution in [0.15, 0.2) is 30.3 Å². The molecular weight excluding hydrogens is 272 g/mol. The van der Waals surface area contributed by atoms with Crippen molar-refractivity contribution in [2.24, 2.45) is 5.73 Å². The number of amides is 1. The fourth-order valence-electron chi connectivity index (χ4n) is 2.40. The van der Waals surface area contributed by atoms with E-state index < -0.39 is 12.0 Å². The molecule has 0 radical (unpaired) electrons. The summed E-state index contributed by atoms with van der Waals surface area (Å²) in [6.07, 6.45) is 0.729. The van der Waals surface area contributed by atoms with Gasteiger partial charge in [-0.3, -0.25) is 4.79 Å². The maximum absolute atomic E-state index is 12.2. The van der Waals surface area contributed by atoms with Gasteiger partial charge >= 0.3 is 5.97 Å². The smallest absolute Gasteiger partial charge is 0.328 e. The molecular formula is C15H20N2O4. The van der Waals surface area contributed by atoms with Crippen molar-refractivity contribution in [3.63, 3.8) is 0 Å². The summed E-state index contributed by atoms with van der Waals surface area (Å²) < 4.78 is 5.12. The molecule has 0 spiro atoms. The molecule has 6 nitrogen and oxygen atoms in total. The number of aliphatic carboxylic acids is 1. The van der Waals surface area contributed by atoms with Crippen molar-refractivity contribution in [1.82, 2.24) is 4.90 Å². The molecule has 2 rings (SSSR count). The monoisotopic (exact) mass is 292 g/mol. The summed E-state index contributed by atoms with van der Waals surface area (Å²) in [5.41, 5.74) is 7.03. The van der Waals surface area contributed by atoms with Gasteiger partial charge in [0.2, 0.25) is 5.91 Å². The Morgan fingerprint density at radius 1 is 1.38 bits per heavy atom. The first-order valence-electron chi connectivity index (χ1n) is 7.00. The lowest BCUT2D eigenvalue weighted by atomic mass is 10.0. The molecule has 1 heterocycles. The molecule has 2 unspecified atom stereocenters. The second-order valence-electron chi connectivity index (χ2n) is 5.07. The molecule has 1 fully saturated rings. The van der Waals surface area contributed by atoms with E-state index in [1.165, 1.54) is 4.90 Å². The van der Waals surface area contributed by atoms with Crippen LogP contribution in [0, 0.1) is 0 Å². The third kappa shape index (κ3) is 4.03. The number of hydrogen-bond donors (Lipinski definition) is 2. The Morgan fingerprint density at radius 3 is 2.76 bits per heavy atom. The summed E-state index contributed by atoms with van der Waals surface area (Å²) in [7, 11) is 0. The quantitative estimate of drug-likeness (QED) is 0.836. The van der Waals surface area contributed by atoms with Gasteiger partial charge in [0, 0.05) is 19.0 Å². The largest absolute Gasteiger partial charge is 0.480 e. The van der Waals surface area contributed by atoms with Crippen LogP contribution in [0.4, 0.5) is 0 Å². The Balaban J connectivity index is 1.90. The number of carbonyl (C=O) groups excluding carboxylic acids is 1. The van der Waals surface area contributed by atoms with Crippen LogP contribution in [0.2, 0.25) is 0 Å². The number of morpholine rings is 1. The summed E-state index contributed by atoms with van der Waals surface area (Å²) in [6.45, 7) is 0.739. The van der Waals surface area contributed by atoms with Gasteiger partial charge in [0.05, 0.1) is 13.2 Å². The van der Waals surface area contributed by atoms with E-state index in [4.69, 9.17) is 15.6 Å². The van der Waals surface area contributed by atoms with Crippen LogP contribution in [-0.2, 0) is 14.3 Å². The third-order valence-electron chi connectivity index (χ3n) is 3.63. The molecule has 114 valence electrons. The first kappa shape index (κ1) is 15.5. The van der Waals surface area contributed by atoms with Gasteiger partial charge < -0.3 is 20.5 Å². The topological polar surface area (TPSA) is 92.9 Å². The summed E-state index contributed by atoms with van der Waals surface area (Å²) >= 11 is 0. The summed E-state index contributed by atoms with van der Waals surface area (Å²) in [6, 6.07) is 8.44. The zero-order valence-corrected chi connectivity index (χ0v) is 11.8. The van der Waals surface area contributed by atoms with Crippen LogP contribution in [0.1, 0.15) is 24.4 Å². The minimum absolute atomic E-state index is 0.0474. The second kappa shape index (κ2) is 7.19. The van der Waals surface area contributed by atoms with Crippen LogP contribution in [0.3, 0.4) is 0 Å². The lowest BCUT2D eigenvalue weighted by molar-refractivity contribution is -0.158. The highest BCUT2D eigenvalue weighted by Crippen LogP contribution is 2.17. The first-order valence-corrected chi connectivity index (χ1v) is 7.00. The van der Waals surface area contributed by atoms with Crippen molar-refractivity contribution in [1.29, 1.82) is 0 Å². The summed E-state index contributed by atoms with van der Waals surface area (Å²) in [5.74, 6) is -1.22. The van der Waals surface area contributed by atoms with E-state index in [-0.39, 0.29) is 25.0 Å². The summed E-state index contributed by atoms with van der Waals surface area (Å²) in [5, 5.41) is 9.11. The third-order valence-corrected chi connectivity index (χ3v) is 3.63. The SMILES string of the molecule is NC(CCC(=O)N1CCOCC1C(=O)O)c1ccccc1. The number of ether oxygens (including phenoxy) is 1. The normalized spacial score (nSPS) is 20.0. The zero-order valence-electron chi connectivity index (χ0n) is 11.8. The Hall–Kier alpha value is -1.92. The molecule has 0 saturated carbocycles. The number of nitrogens with two attached hydrogens (primary N) is 1. The molecule has 21 heavy (non-hydrogen) atoms. The van der Waals surface area contributed by atoms with E-state index in [1.807, 2.05) is 30.3 Å². The van der Waals surface area contributed by atoms with Crippen molar-refractivity contribution in [3.8, 4) is 0 Å². The average Bonchev–Trinajstić information content (AvgIpc) is 2.53. The molecule has 6 heteroatoms. The molecule has 1 aliphatic rings. The molecule has 3 N–H and O–H groups in total. The minimum Gasteiger partial charge on any atom is -0.480 e. The van der Waals surface area contributed by atoms with E-state index in [2.05, 4.69) is 0 Å². The number of carbonyl (C=O) groups is 2. The van der Waals surface area contributed by atoms with Gasteiger partial charge in [0.25, 0.3) is 0 Å². The predicted molar refractivity (Wildman–Crippen MR) is 76.6 cm³/mol. The van der Waals surface area contributed by atoms with Crippen molar-refractivity contribution >= 4 is 11.9 Å². The number of carboxylic acids is 1. The molecule has 0 aliphatic carbocycles. The standard InChI is InChI=1S/C15H20N2O4/c16-12(11-4-2-1-3-5-11)6-7-14(18)17-8-9-21-10-13(17)15(19)20/h1-5,12-13H,6-10,16H2,(H,19,20). The number of carboxylic acid groups (broad SMARTS) is 1. The van der Waals surface area contributed by atoms with E-state index in [0.29, 0.717) is 19.6 Å². The molecule has 0 bridgehead atoms. The van der Waals surface area contributed by atoms with E-state index in [0.717, 1.165) is 5.56 Å². The Labute approximate surface area is 123 Å². The van der Waals surface area contributed by atoms with Crippen molar-refractivity contribution < 1.29 is 19.4 Å². The van der Waals surface area contributed by atoms with Crippen LogP contribution in [-0.4, -0.2) is 47.7 Å². The molecule has 1 amide bonds. The number of hydrogen-bond acceptors (Lipinski definition) is 4. The van der Waals surface area contributed by atoms with E-state index >= 15 is 0 Å². The van der Waals surface area contributed by atoms with Crippen LogP contribution in [0.25, 0.3) is 0 Å².